The van der Waals surface area contributed by atoms with Crippen LogP contribution < -0.4 is 0 Å². The van der Waals surface area contributed by atoms with Gasteiger partial charge >= 0.3 is 6.08 Å². The van der Waals surface area contributed by atoms with Crippen LogP contribution in [0.2, 0.25) is 10.0 Å². The smallest absolute Gasteiger partial charge is 0.203 e. The molecule has 0 aliphatic rings. The van der Waals surface area contributed by atoms with Gasteiger partial charge in [-0.2, -0.15) is 8.78 Å². The lowest BCUT2D eigenvalue weighted by molar-refractivity contribution is 0.406. The minimum absolute atomic E-state index is 1.16. The molecule has 0 N–H and O–H groups in total. The Bertz CT molecular complexity index is 449. The third-order valence-electron chi connectivity index (χ3n) is 1.60. The van der Waals surface area contributed by atoms with Crippen molar-refractivity contribution in [2.75, 3.05) is 0 Å². The molecule has 1 aromatic rings. The fourth-order valence-electron chi connectivity index (χ4n) is 0.892. The highest BCUT2D eigenvalue weighted by atomic mass is 35.5. The lowest BCUT2D eigenvalue weighted by Gasteiger charge is -2.07. The summed E-state index contributed by atoms with van der Waals surface area (Å²) in [7, 11) is 0. The van der Waals surface area contributed by atoms with Crippen molar-refractivity contribution >= 4 is 29.0 Å². The van der Waals surface area contributed by atoms with E-state index < -0.39 is 45.0 Å². The van der Waals surface area contributed by atoms with Crippen LogP contribution in [0.5, 0.6) is 0 Å². The molecule has 0 saturated heterocycles. The van der Waals surface area contributed by atoms with E-state index in [1.54, 1.807) is 0 Å². The number of hydrogen-bond acceptors (Lipinski definition) is 0. The zero-order chi connectivity index (χ0) is 12.6. The van der Waals surface area contributed by atoms with Gasteiger partial charge in [-0.3, -0.25) is 0 Å². The lowest BCUT2D eigenvalue weighted by atomic mass is 10.1. The standard InChI is InChI=1S/C8Cl2F6/c9-2-1(5(12)8(15)16)4(11)7(14)6(13)3(2)10. The van der Waals surface area contributed by atoms with Gasteiger partial charge in [-0.05, 0) is 0 Å². The Labute approximate surface area is 95.1 Å². The van der Waals surface area contributed by atoms with Crippen LogP contribution in [-0.4, -0.2) is 0 Å². The van der Waals surface area contributed by atoms with Gasteiger partial charge in [-0.15, -0.1) is 0 Å². The number of rotatable bonds is 1. The summed E-state index contributed by atoms with van der Waals surface area (Å²) in [6, 6.07) is 0. The Morgan fingerprint density at radius 3 is 1.69 bits per heavy atom. The Hall–Kier alpha value is -0.880. The van der Waals surface area contributed by atoms with E-state index in [9.17, 15) is 26.3 Å². The zero-order valence-corrected chi connectivity index (χ0v) is 8.54. The van der Waals surface area contributed by atoms with Crippen LogP contribution >= 0.6 is 23.2 Å². The van der Waals surface area contributed by atoms with Crippen molar-refractivity contribution in [3.8, 4) is 0 Å². The molecule has 0 aromatic heterocycles. The van der Waals surface area contributed by atoms with E-state index in [4.69, 9.17) is 23.2 Å². The van der Waals surface area contributed by atoms with Crippen LogP contribution in [0.1, 0.15) is 5.56 Å². The van der Waals surface area contributed by atoms with Crippen molar-refractivity contribution in [1.82, 2.24) is 0 Å². The van der Waals surface area contributed by atoms with E-state index in [-0.39, 0.29) is 0 Å². The highest BCUT2D eigenvalue weighted by Crippen LogP contribution is 2.38. The fourth-order valence-corrected chi connectivity index (χ4v) is 1.32. The summed E-state index contributed by atoms with van der Waals surface area (Å²) in [4.78, 5) is 0. The van der Waals surface area contributed by atoms with Gasteiger partial charge in [0, 0.05) is 0 Å². The molecule has 0 bridgehead atoms. The van der Waals surface area contributed by atoms with Crippen molar-refractivity contribution < 1.29 is 26.3 Å². The molecule has 0 heterocycles. The lowest BCUT2D eigenvalue weighted by Crippen LogP contribution is -1.99. The van der Waals surface area contributed by atoms with Gasteiger partial charge in [-0.25, -0.2) is 17.6 Å². The Morgan fingerprint density at radius 2 is 1.25 bits per heavy atom. The SMILES string of the molecule is FC(F)=C(F)c1c(F)c(F)c(F)c(Cl)c1Cl. The number of halogens is 8. The maximum Gasteiger partial charge on any atom is 0.306 e. The van der Waals surface area contributed by atoms with Gasteiger partial charge < -0.3 is 0 Å². The second-order valence-corrected chi connectivity index (χ2v) is 3.28. The third-order valence-corrected chi connectivity index (χ3v) is 2.42. The molecule has 0 fully saturated rings. The summed E-state index contributed by atoms with van der Waals surface area (Å²) in [5.74, 6) is -8.62. The summed E-state index contributed by atoms with van der Waals surface area (Å²) in [6.07, 6.45) is -2.93. The third kappa shape index (κ3) is 1.99. The summed E-state index contributed by atoms with van der Waals surface area (Å²) < 4.78 is 74.9. The topological polar surface area (TPSA) is 0 Å². The highest BCUT2D eigenvalue weighted by molar-refractivity contribution is 6.43. The van der Waals surface area contributed by atoms with Crippen molar-refractivity contribution in [3.05, 3.63) is 39.1 Å². The van der Waals surface area contributed by atoms with Crippen LogP contribution in [0.25, 0.3) is 5.83 Å². The molecule has 16 heavy (non-hydrogen) atoms. The monoisotopic (exact) mass is 280 g/mol. The van der Waals surface area contributed by atoms with Crippen molar-refractivity contribution in [3.63, 3.8) is 0 Å². The number of benzene rings is 1. The molecule has 8 heteroatoms. The van der Waals surface area contributed by atoms with Crippen molar-refractivity contribution in [2.45, 2.75) is 0 Å². The van der Waals surface area contributed by atoms with E-state index in [0.717, 1.165) is 0 Å². The van der Waals surface area contributed by atoms with Crippen LogP contribution in [0.4, 0.5) is 26.3 Å². The van der Waals surface area contributed by atoms with Gasteiger partial charge in [0.1, 0.15) is 0 Å². The molecular formula is C8Cl2F6. The quantitative estimate of drug-likeness (QED) is 0.388. The van der Waals surface area contributed by atoms with E-state index >= 15 is 0 Å². The van der Waals surface area contributed by atoms with Gasteiger partial charge in [0.05, 0.1) is 15.6 Å². The van der Waals surface area contributed by atoms with Gasteiger partial charge in [0.15, 0.2) is 23.3 Å². The molecule has 0 atom stereocenters. The van der Waals surface area contributed by atoms with Crippen LogP contribution in [0.3, 0.4) is 0 Å². The van der Waals surface area contributed by atoms with Gasteiger partial charge in [-0.1, -0.05) is 23.2 Å². The van der Waals surface area contributed by atoms with E-state index in [1.165, 1.54) is 0 Å². The second-order valence-electron chi connectivity index (χ2n) is 2.52. The Morgan fingerprint density at radius 1 is 0.750 bits per heavy atom. The molecule has 1 aromatic carbocycles. The van der Waals surface area contributed by atoms with Gasteiger partial charge in [0.25, 0.3) is 0 Å². The first-order chi connectivity index (χ1) is 7.29. The molecule has 0 unspecified atom stereocenters. The van der Waals surface area contributed by atoms with Crippen molar-refractivity contribution in [2.24, 2.45) is 0 Å². The maximum atomic E-state index is 12.9. The molecule has 0 amide bonds. The summed E-state index contributed by atoms with van der Waals surface area (Å²) in [5.41, 5.74) is -1.61. The normalized spacial score (nSPS) is 10.5. The summed E-state index contributed by atoms with van der Waals surface area (Å²) >= 11 is 10.2. The average molecular weight is 281 g/mol. The summed E-state index contributed by atoms with van der Waals surface area (Å²) in [6.45, 7) is 0. The molecule has 0 radical (unpaired) electrons. The first-order valence-electron chi connectivity index (χ1n) is 3.51. The summed E-state index contributed by atoms with van der Waals surface area (Å²) in [5, 5.41) is -2.34. The minimum Gasteiger partial charge on any atom is -0.203 e. The molecule has 88 valence electrons. The van der Waals surface area contributed by atoms with Crippen LogP contribution in [0.15, 0.2) is 6.08 Å². The largest absolute Gasteiger partial charge is 0.306 e. The zero-order valence-electron chi connectivity index (χ0n) is 7.02. The molecule has 0 nitrogen and oxygen atoms in total. The minimum atomic E-state index is -2.93. The first kappa shape index (κ1) is 13.2. The first-order valence-corrected chi connectivity index (χ1v) is 4.27. The molecule has 0 aliphatic heterocycles. The highest BCUT2D eigenvalue weighted by Gasteiger charge is 2.27. The van der Waals surface area contributed by atoms with E-state index in [1.807, 2.05) is 0 Å². The predicted octanol–water partition coefficient (Wildman–Crippen LogP) is 4.95. The predicted molar refractivity (Wildman–Crippen MR) is 46.6 cm³/mol. The molecule has 1 rings (SSSR count). The molecule has 0 saturated carbocycles. The van der Waals surface area contributed by atoms with Gasteiger partial charge in [0.2, 0.25) is 0 Å². The average Bonchev–Trinajstić information content (AvgIpc) is 2.23. The van der Waals surface area contributed by atoms with Crippen LogP contribution in [0, 0.1) is 17.5 Å². The molecular weight excluding hydrogens is 281 g/mol. The number of hydrogen-bond donors (Lipinski definition) is 0. The Balaban J connectivity index is 3.72. The van der Waals surface area contributed by atoms with E-state index in [2.05, 4.69) is 0 Å². The van der Waals surface area contributed by atoms with Crippen LogP contribution in [-0.2, 0) is 0 Å². The fraction of sp³-hybridized carbons (Fsp3) is 0. The molecule has 0 aliphatic carbocycles. The second kappa shape index (κ2) is 4.55. The van der Waals surface area contributed by atoms with E-state index in [0.29, 0.717) is 0 Å². The van der Waals surface area contributed by atoms with Crippen molar-refractivity contribution in [1.29, 1.82) is 0 Å². The maximum absolute atomic E-state index is 12.9. The molecule has 0 spiro atoms. The Kier molecular flexibility index (Phi) is 3.75.